The summed E-state index contributed by atoms with van der Waals surface area (Å²) in [5.41, 5.74) is 8.79. The zero-order valence-corrected chi connectivity index (χ0v) is 17.0. The van der Waals surface area contributed by atoms with E-state index in [-0.39, 0.29) is 0 Å². The fourth-order valence-corrected chi connectivity index (χ4v) is 4.69. The lowest BCUT2D eigenvalue weighted by molar-refractivity contribution is 0.425. The van der Waals surface area contributed by atoms with Crippen LogP contribution in [0.25, 0.3) is 0 Å². The maximum absolute atomic E-state index is 4.68. The minimum Gasteiger partial charge on any atom is -0.378 e. The summed E-state index contributed by atoms with van der Waals surface area (Å²) >= 11 is 0. The third kappa shape index (κ3) is 3.40. The van der Waals surface area contributed by atoms with E-state index in [0.29, 0.717) is 17.9 Å². The molecule has 0 radical (unpaired) electrons. The van der Waals surface area contributed by atoms with Crippen LogP contribution in [0.4, 0.5) is 11.4 Å². The molecular formula is C27H26N2. The Bertz CT molecular complexity index is 1090. The third-order valence-electron chi connectivity index (χ3n) is 6.31. The Morgan fingerprint density at radius 3 is 2.62 bits per heavy atom. The number of rotatable bonds is 3. The van der Waals surface area contributed by atoms with Gasteiger partial charge in [-0.3, -0.25) is 4.99 Å². The van der Waals surface area contributed by atoms with Crippen molar-refractivity contribution in [2.24, 2.45) is 10.9 Å². The molecule has 2 aliphatic rings. The Labute approximate surface area is 173 Å². The SMILES string of the molecule is Cc1ccc2c(c1)[C@@H]1C=CC[C@H]1[C@@H](c1ccc(N=Cc3ccccc3C)cc1)N2. The zero-order chi connectivity index (χ0) is 19.8. The van der Waals surface area contributed by atoms with Crippen LogP contribution in [-0.2, 0) is 0 Å². The van der Waals surface area contributed by atoms with E-state index < -0.39 is 0 Å². The van der Waals surface area contributed by atoms with Crippen molar-refractivity contribution in [1.82, 2.24) is 0 Å². The first-order chi connectivity index (χ1) is 14.2. The summed E-state index contributed by atoms with van der Waals surface area (Å²) in [6.45, 7) is 4.29. The first-order valence-corrected chi connectivity index (χ1v) is 10.4. The van der Waals surface area contributed by atoms with Gasteiger partial charge in [0.1, 0.15) is 0 Å². The van der Waals surface area contributed by atoms with E-state index in [9.17, 15) is 0 Å². The highest BCUT2D eigenvalue weighted by Gasteiger charge is 2.37. The zero-order valence-electron chi connectivity index (χ0n) is 17.0. The van der Waals surface area contributed by atoms with Gasteiger partial charge >= 0.3 is 0 Å². The summed E-state index contributed by atoms with van der Waals surface area (Å²) in [5, 5.41) is 3.82. The number of benzene rings is 3. The van der Waals surface area contributed by atoms with E-state index in [0.717, 1.165) is 17.7 Å². The van der Waals surface area contributed by atoms with E-state index in [2.05, 4.69) is 103 Å². The normalized spacial score (nSPS) is 22.3. The molecule has 144 valence electrons. The van der Waals surface area contributed by atoms with Gasteiger partial charge in [0.2, 0.25) is 0 Å². The third-order valence-corrected chi connectivity index (χ3v) is 6.31. The number of hydrogen-bond donors (Lipinski definition) is 1. The largest absolute Gasteiger partial charge is 0.378 e. The minimum atomic E-state index is 0.333. The number of nitrogens with one attached hydrogen (secondary N) is 1. The summed E-state index contributed by atoms with van der Waals surface area (Å²) in [5.74, 6) is 1.08. The highest BCUT2D eigenvalue weighted by atomic mass is 15.0. The van der Waals surface area contributed by atoms with Crippen LogP contribution >= 0.6 is 0 Å². The number of nitrogens with zero attached hydrogens (tertiary/aromatic N) is 1. The molecule has 2 heteroatoms. The number of aryl methyl sites for hydroxylation is 2. The molecule has 2 nitrogen and oxygen atoms in total. The monoisotopic (exact) mass is 378 g/mol. The number of hydrogen-bond acceptors (Lipinski definition) is 2. The fraction of sp³-hybridized carbons (Fsp3) is 0.222. The van der Waals surface area contributed by atoms with Gasteiger partial charge in [-0.1, -0.05) is 66.2 Å². The fourth-order valence-electron chi connectivity index (χ4n) is 4.69. The number of anilines is 1. The average molecular weight is 379 g/mol. The van der Waals surface area contributed by atoms with Gasteiger partial charge in [-0.05, 0) is 66.6 Å². The lowest BCUT2D eigenvalue weighted by Crippen LogP contribution is -2.29. The summed E-state index contributed by atoms with van der Waals surface area (Å²) in [4.78, 5) is 4.68. The van der Waals surface area contributed by atoms with Crippen molar-refractivity contribution in [3.63, 3.8) is 0 Å². The van der Waals surface area contributed by atoms with Crippen molar-refractivity contribution in [2.75, 3.05) is 5.32 Å². The van der Waals surface area contributed by atoms with Crippen molar-refractivity contribution in [1.29, 1.82) is 0 Å². The molecule has 0 unspecified atom stereocenters. The highest BCUT2D eigenvalue weighted by Crippen LogP contribution is 2.49. The lowest BCUT2D eigenvalue weighted by atomic mass is 9.76. The molecule has 29 heavy (non-hydrogen) atoms. The molecule has 0 fully saturated rings. The number of fused-ring (bicyclic) bond motifs is 3. The molecule has 1 heterocycles. The van der Waals surface area contributed by atoms with Gasteiger partial charge in [-0.25, -0.2) is 0 Å². The van der Waals surface area contributed by atoms with Crippen molar-refractivity contribution >= 4 is 17.6 Å². The lowest BCUT2D eigenvalue weighted by Gasteiger charge is -2.37. The first-order valence-electron chi connectivity index (χ1n) is 10.4. The molecule has 0 saturated heterocycles. The second-order valence-electron chi connectivity index (χ2n) is 8.27. The van der Waals surface area contributed by atoms with Crippen molar-refractivity contribution < 1.29 is 0 Å². The molecule has 1 aliphatic carbocycles. The minimum absolute atomic E-state index is 0.333. The Balaban J connectivity index is 1.40. The average Bonchev–Trinajstić information content (AvgIpc) is 3.23. The van der Waals surface area contributed by atoms with Gasteiger partial charge in [0.15, 0.2) is 0 Å². The predicted molar refractivity (Wildman–Crippen MR) is 122 cm³/mol. The quantitative estimate of drug-likeness (QED) is 0.390. The highest BCUT2D eigenvalue weighted by molar-refractivity contribution is 5.83. The summed E-state index contributed by atoms with van der Waals surface area (Å²) in [6.07, 6.45) is 7.83. The Hall–Kier alpha value is -3.13. The summed E-state index contributed by atoms with van der Waals surface area (Å²) < 4.78 is 0. The molecule has 1 aliphatic heterocycles. The number of allylic oxidation sites excluding steroid dienone is 2. The second kappa shape index (κ2) is 7.36. The van der Waals surface area contributed by atoms with Gasteiger partial charge < -0.3 is 5.32 Å². The van der Waals surface area contributed by atoms with Gasteiger partial charge in [-0.2, -0.15) is 0 Å². The van der Waals surface area contributed by atoms with Crippen molar-refractivity contribution in [2.45, 2.75) is 32.2 Å². The van der Waals surface area contributed by atoms with E-state index >= 15 is 0 Å². The second-order valence-corrected chi connectivity index (χ2v) is 8.27. The molecule has 0 amide bonds. The van der Waals surface area contributed by atoms with Gasteiger partial charge in [-0.15, -0.1) is 0 Å². The Morgan fingerprint density at radius 1 is 0.966 bits per heavy atom. The molecule has 3 aromatic rings. The van der Waals surface area contributed by atoms with Crippen molar-refractivity contribution in [3.8, 4) is 0 Å². The van der Waals surface area contributed by atoms with Crippen molar-refractivity contribution in [3.05, 3.63) is 107 Å². The molecule has 3 atom stereocenters. The van der Waals surface area contributed by atoms with Gasteiger partial charge in [0.25, 0.3) is 0 Å². The molecule has 0 spiro atoms. The van der Waals surface area contributed by atoms with Crippen LogP contribution in [0.2, 0.25) is 0 Å². The van der Waals surface area contributed by atoms with Crippen LogP contribution in [0.3, 0.4) is 0 Å². The standard InChI is InChI=1S/C27H26N2/c1-18-10-15-26-25(16-18)23-8-5-9-24(23)27(29-26)20-11-13-22(14-12-20)28-17-21-7-4-3-6-19(21)2/h3-8,10-17,23-24,27,29H,9H2,1-2H3/t23-,24-,27-/m1/s1. The summed E-state index contributed by atoms with van der Waals surface area (Å²) in [6, 6.07) is 24.2. The maximum atomic E-state index is 4.68. The topological polar surface area (TPSA) is 24.4 Å². The van der Waals surface area contributed by atoms with Crippen LogP contribution in [0.5, 0.6) is 0 Å². The Kier molecular flexibility index (Phi) is 4.55. The van der Waals surface area contributed by atoms with Crippen LogP contribution < -0.4 is 5.32 Å². The van der Waals surface area contributed by atoms with Crippen LogP contribution in [0.15, 0.2) is 83.9 Å². The van der Waals surface area contributed by atoms with Crippen LogP contribution in [0.1, 0.15) is 46.2 Å². The molecular weight excluding hydrogens is 352 g/mol. The summed E-state index contributed by atoms with van der Waals surface area (Å²) in [7, 11) is 0. The molecule has 5 rings (SSSR count). The van der Waals surface area contributed by atoms with E-state index in [1.54, 1.807) is 0 Å². The predicted octanol–water partition coefficient (Wildman–Crippen LogP) is 6.88. The smallest absolute Gasteiger partial charge is 0.0630 e. The van der Waals surface area contributed by atoms with Gasteiger partial charge in [0.05, 0.1) is 11.7 Å². The first kappa shape index (κ1) is 17.9. The molecule has 0 bridgehead atoms. The number of aliphatic imine (C=N–C) groups is 1. The van der Waals surface area contributed by atoms with E-state index in [1.807, 2.05) is 6.21 Å². The molecule has 3 aromatic carbocycles. The Morgan fingerprint density at radius 2 is 1.79 bits per heavy atom. The van der Waals surface area contributed by atoms with E-state index in [4.69, 9.17) is 0 Å². The maximum Gasteiger partial charge on any atom is 0.0630 e. The molecule has 0 aromatic heterocycles. The van der Waals surface area contributed by atoms with Crippen LogP contribution in [0, 0.1) is 19.8 Å². The van der Waals surface area contributed by atoms with E-state index in [1.165, 1.54) is 27.9 Å². The molecule has 0 saturated carbocycles. The van der Waals surface area contributed by atoms with Gasteiger partial charge in [0, 0.05) is 17.8 Å². The molecule has 1 N–H and O–H groups in total. The van der Waals surface area contributed by atoms with Crippen LogP contribution in [-0.4, -0.2) is 6.21 Å².